The lowest BCUT2D eigenvalue weighted by atomic mass is 10.2. The highest BCUT2D eigenvalue weighted by atomic mass is 32.2. The summed E-state index contributed by atoms with van der Waals surface area (Å²) in [4.78, 5) is 0. The molecule has 0 aliphatic rings. The smallest absolute Gasteiger partial charge is 0.215 e. The van der Waals surface area contributed by atoms with Crippen LogP contribution in [0.25, 0.3) is 0 Å². The zero-order valence-corrected chi connectivity index (χ0v) is 11.3. The van der Waals surface area contributed by atoms with Gasteiger partial charge in [-0.05, 0) is 18.2 Å². The fraction of sp³-hybridized carbons (Fsp3) is 0.231. The number of furan rings is 1. The molecule has 0 saturated carbocycles. The zero-order valence-electron chi connectivity index (χ0n) is 10.5. The van der Waals surface area contributed by atoms with Crippen LogP contribution in [0.1, 0.15) is 17.4 Å². The number of hydrogen-bond acceptors (Lipinski definition) is 4. The van der Waals surface area contributed by atoms with Crippen molar-refractivity contribution in [2.45, 2.75) is 11.9 Å². The van der Waals surface area contributed by atoms with Crippen molar-refractivity contribution in [1.29, 1.82) is 0 Å². The van der Waals surface area contributed by atoms with Crippen molar-refractivity contribution < 1.29 is 22.3 Å². The molecule has 0 aliphatic heterocycles. The molecule has 0 amide bonds. The molecule has 108 valence electrons. The van der Waals surface area contributed by atoms with E-state index in [1.807, 2.05) is 0 Å². The summed E-state index contributed by atoms with van der Waals surface area (Å²) in [6.45, 7) is -0.232. The first-order valence-electron chi connectivity index (χ1n) is 5.90. The molecule has 0 aliphatic carbocycles. The third-order valence-electron chi connectivity index (χ3n) is 2.67. The normalized spacial score (nSPS) is 13.3. The van der Waals surface area contributed by atoms with Gasteiger partial charge in [-0.3, -0.25) is 0 Å². The second kappa shape index (κ2) is 6.17. The van der Waals surface area contributed by atoms with Crippen LogP contribution in [-0.2, 0) is 15.8 Å². The van der Waals surface area contributed by atoms with E-state index in [9.17, 15) is 17.9 Å². The largest absolute Gasteiger partial charge is 0.467 e. The van der Waals surface area contributed by atoms with Crippen LogP contribution in [0.4, 0.5) is 4.39 Å². The Morgan fingerprint density at radius 3 is 2.65 bits per heavy atom. The van der Waals surface area contributed by atoms with Crippen LogP contribution in [0.3, 0.4) is 0 Å². The van der Waals surface area contributed by atoms with E-state index in [4.69, 9.17) is 4.42 Å². The van der Waals surface area contributed by atoms with Crippen molar-refractivity contribution in [1.82, 2.24) is 4.72 Å². The summed E-state index contributed by atoms with van der Waals surface area (Å²) >= 11 is 0. The second-order valence-corrected chi connectivity index (χ2v) is 6.04. The van der Waals surface area contributed by atoms with Crippen molar-refractivity contribution in [2.24, 2.45) is 0 Å². The Balaban J connectivity index is 1.96. The van der Waals surface area contributed by atoms with Gasteiger partial charge in [0.1, 0.15) is 17.7 Å². The second-order valence-electron chi connectivity index (χ2n) is 4.23. The Kier molecular flexibility index (Phi) is 4.53. The van der Waals surface area contributed by atoms with Crippen molar-refractivity contribution in [3.63, 3.8) is 0 Å². The summed E-state index contributed by atoms with van der Waals surface area (Å²) in [5.74, 6) is -0.798. The van der Waals surface area contributed by atoms with Gasteiger partial charge in [0.2, 0.25) is 10.0 Å². The highest BCUT2D eigenvalue weighted by molar-refractivity contribution is 7.88. The van der Waals surface area contributed by atoms with Crippen molar-refractivity contribution in [3.05, 3.63) is 59.8 Å². The number of benzene rings is 1. The van der Waals surface area contributed by atoms with E-state index in [2.05, 4.69) is 4.72 Å². The number of rotatable bonds is 6. The Hall–Kier alpha value is -1.70. The molecule has 2 aromatic rings. The van der Waals surface area contributed by atoms with Crippen LogP contribution in [0.2, 0.25) is 0 Å². The van der Waals surface area contributed by atoms with Gasteiger partial charge in [-0.15, -0.1) is 0 Å². The first-order valence-corrected chi connectivity index (χ1v) is 7.55. The summed E-state index contributed by atoms with van der Waals surface area (Å²) in [5, 5.41) is 9.70. The fourth-order valence-electron chi connectivity index (χ4n) is 1.66. The number of hydrogen-bond donors (Lipinski definition) is 2. The van der Waals surface area contributed by atoms with Gasteiger partial charge in [0, 0.05) is 12.1 Å². The van der Waals surface area contributed by atoms with Crippen LogP contribution in [0, 0.1) is 5.82 Å². The van der Waals surface area contributed by atoms with Crippen LogP contribution in [-0.4, -0.2) is 20.1 Å². The summed E-state index contributed by atoms with van der Waals surface area (Å²) in [6, 6.07) is 8.77. The van der Waals surface area contributed by atoms with E-state index in [0.29, 0.717) is 0 Å². The lowest BCUT2D eigenvalue weighted by molar-refractivity contribution is 0.154. The molecule has 0 radical (unpaired) electrons. The number of nitrogens with one attached hydrogen (secondary N) is 1. The van der Waals surface area contributed by atoms with Gasteiger partial charge in [-0.25, -0.2) is 17.5 Å². The molecule has 1 unspecified atom stereocenters. The van der Waals surface area contributed by atoms with Gasteiger partial charge >= 0.3 is 0 Å². The average Bonchev–Trinajstić information content (AvgIpc) is 2.93. The molecule has 0 bridgehead atoms. The minimum absolute atomic E-state index is 0.0764. The van der Waals surface area contributed by atoms with E-state index < -0.39 is 27.7 Å². The number of halogens is 1. The highest BCUT2D eigenvalue weighted by Crippen LogP contribution is 2.13. The minimum atomic E-state index is -3.73. The molecule has 2 rings (SSSR count). The van der Waals surface area contributed by atoms with E-state index in [-0.39, 0.29) is 17.9 Å². The molecule has 1 heterocycles. The third-order valence-corrected chi connectivity index (χ3v) is 3.97. The van der Waals surface area contributed by atoms with Crippen molar-refractivity contribution >= 4 is 10.0 Å². The molecule has 1 aromatic heterocycles. The molecule has 1 atom stereocenters. The fourth-order valence-corrected chi connectivity index (χ4v) is 2.82. The maximum Gasteiger partial charge on any atom is 0.215 e. The molecule has 0 fully saturated rings. The van der Waals surface area contributed by atoms with Gasteiger partial charge in [0.05, 0.1) is 12.0 Å². The minimum Gasteiger partial charge on any atom is -0.467 e. The predicted octanol–water partition coefficient (Wildman–Crippen LogP) is 1.57. The van der Waals surface area contributed by atoms with Crippen molar-refractivity contribution in [3.8, 4) is 0 Å². The molecule has 1 aromatic carbocycles. The van der Waals surface area contributed by atoms with Crippen LogP contribution < -0.4 is 4.72 Å². The average molecular weight is 299 g/mol. The topological polar surface area (TPSA) is 79.5 Å². The van der Waals surface area contributed by atoms with Gasteiger partial charge in [0.15, 0.2) is 0 Å². The molecular formula is C13H14FNO4S. The maximum absolute atomic E-state index is 13.4. The lowest BCUT2D eigenvalue weighted by Crippen LogP contribution is -2.29. The first-order chi connectivity index (χ1) is 9.48. The summed E-state index contributed by atoms with van der Waals surface area (Å²) in [6.07, 6.45) is 0.298. The molecule has 5 nitrogen and oxygen atoms in total. The van der Waals surface area contributed by atoms with Crippen LogP contribution >= 0.6 is 0 Å². The number of aliphatic hydroxyl groups excluding tert-OH is 1. The molecule has 20 heavy (non-hydrogen) atoms. The number of sulfonamides is 1. The van der Waals surface area contributed by atoms with Gasteiger partial charge in [-0.1, -0.05) is 18.2 Å². The van der Waals surface area contributed by atoms with E-state index >= 15 is 0 Å². The summed E-state index contributed by atoms with van der Waals surface area (Å²) in [5.41, 5.74) is 0.0764. The molecule has 7 heteroatoms. The predicted molar refractivity (Wildman–Crippen MR) is 70.7 cm³/mol. The third kappa shape index (κ3) is 3.89. The van der Waals surface area contributed by atoms with Crippen LogP contribution in [0.5, 0.6) is 0 Å². The van der Waals surface area contributed by atoms with Gasteiger partial charge < -0.3 is 9.52 Å². The summed E-state index contributed by atoms with van der Waals surface area (Å²) < 4.78 is 44.2. The quantitative estimate of drug-likeness (QED) is 0.848. The summed E-state index contributed by atoms with van der Waals surface area (Å²) in [7, 11) is -3.73. The van der Waals surface area contributed by atoms with E-state index in [1.165, 1.54) is 30.5 Å². The monoisotopic (exact) mass is 299 g/mol. The maximum atomic E-state index is 13.4. The first kappa shape index (κ1) is 14.7. The Morgan fingerprint density at radius 1 is 1.25 bits per heavy atom. The molecular weight excluding hydrogens is 285 g/mol. The molecule has 0 spiro atoms. The van der Waals surface area contributed by atoms with E-state index in [0.717, 1.165) is 0 Å². The molecule has 0 saturated heterocycles. The Labute approximate surface area is 116 Å². The van der Waals surface area contributed by atoms with Gasteiger partial charge in [0.25, 0.3) is 0 Å². The molecule has 2 N–H and O–H groups in total. The standard InChI is InChI=1S/C13H14FNO4S/c14-11-5-2-1-4-10(11)9-20(17,18)15-8-12(16)13-6-3-7-19-13/h1-7,12,15-16H,8-9H2. The Bertz CT molecular complexity index is 655. The highest BCUT2D eigenvalue weighted by Gasteiger charge is 2.17. The Morgan fingerprint density at radius 2 is 2.00 bits per heavy atom. The van der Waals surface area contributed by atoms with Crippen LogP contribution in [0.15, 0.2) is 47.1 Å². The SMILES string of the molecule is O=S(=O)(Cc1ccccc1F)NCC(O)c1ccco1. The zero-order chi connectivity index (χ0) is 14.6. The lowest BCUT2D eigenvalue weighted by Gasteiger charge is -2.10. The van der Waals surface area contributed by atoms with Gasteiger partial charge in [-0.2, -0.15) is 0 Å². The van der Waals surface area contributed by atoms with E-state index in [1.54, 1.807) is 12.1 Å². The van der Waals surface area contributed by atoms with Crippen molar-refractivity contribution in [2.75, 3.05) is 6.54 Å². The number of aliphatic hydroxyl groups is 1.